The molecule has 1 aromatic rings. The third-order valence-electron chi connectivity index (χ3n) is 7.30. The summed E-state index contributed by atoms with van der Waals surface area (Å²) in [5.41, 5.74) is 5.78. The Morgan fingerprint density at radius 3 is 2.76 bits per heavy atom. The van der Waals surface area contributed by atoms with Crippen LogP contribution >= 0.6 is 11.8 Å². The van der Waals surface area contributed by atoms with Crippen LogP contribution in [0.25, 0.3) is 0 Å². The molecule has 2 saturated heterocycles. The van der Waals surface area contributed by atoms with Gasteiger partial charge in [-0.25, -0.2) is 14.6 Å². The Bertz CT molecular complexity index is 1160. The summed E-state index contributed by atoms with van der Waals surface area (Å²) >= 11 is 1.39. The van der Waals surface area contributed by atoms with Crippen molar-refractivity contribution in [3.8, 4) is 0 Å². The van der Waals surface area contributed by atoms with Gasteiger partial charge in [-0.1, -0.05) is 19.6 Å². The summed E-state index contributed by atoms with van der Waals surface area (Å²) in [5.74, 6) is -2.90. The van der Waals surface area contributed by atoms with Gasteiger partial charge in [-0.2, -0.15) is 0 Å². The van der Waals surface area contributed by atoms with Crippen molar-refractivity contribution < 1.29 is 34.1 Å². The SMILES string of the molecule is C=CCOC(=O)N1C[C@@H](SC2=C(C(=O)O)N3C(=O)[C@H]([C@@H](C)O)[C@H]3[C@H]2C)C[C@H]1CCn1cnc(CC(N)=O)c1. The van der Waals surface area contributed by atoms with Gasteiger partial charge in [0, 0.05) is 41.4 Å². The molecule has 38 heavy (non-hydrogen) atoms. The first-order chi connectivity index (χ1) is 18.0. The van der Waals surface area contributed by atoms with E-state index in [4.69, 9.17) is 10.5 Å². The number of aliphatic hydroxyl groups excluding tert-OH is 1. The first-order valence-electron chi connectivity index (χ1n) is 12.5. The second-order valence-electron chi connectivity index (χ2n) is 9.95. The van der Waals surface area contributed by atoms with E-state index in [-0.39, 0.29) is 41.8 Å². The van der Waals surface area contributed by atoms with Crippen LogP contribution in [-0.2, 0) is 32.1 Å². The van der Waals surface area contributed by atoms with Crippen molar-refractivity contribution in [1.82, 2.24) is 19.4 Å². The van der Waals surface area contributed by atoms with E-state index in [1.165, 1.54) is 22.7 Å². The number of imidazole rings is 1. The van der Waals surface area contributed by atoms with Crippen LogP contribution in [0.2, 0.25) is 0 Å². The van der Waals surface area contributed by atoms with Crippen molar-refractivity contribution in [3.05, 3.63) is 41.5 Å². The minimum absolute atomic E-state index is 0.0287. The first kappa shape index (κ1) is 27.7. The van der Waals surface area contributed by atoms with E-state index in [1.54, 1.807) is 24.3 Å². The van der Waals surface area contributed by atoms with Gasteiger partial charge in [0.15, 0.2) is 0 Å². The standard InChI is InChI=1S/C25H33N5O7S/c1-4-7-37-25(36)29-11-17(9-16(29)5-6-28-10-15(27-12-28)8-18(26)32)38-22-13(2)20-19(14(3)31)23(33)30(20)21(22)24(34)35/h4,10,12-14,16-17,19-20,31H,1,5-9,11H2,2-3H3,(H2,26,32)(H,34,35)/t13-,14-,16-,17+,19-,20-/m1/s1. The highest BCUT2D eigenvalue weighted by molar-refractivity contribution is 8.03. The quantitative estimate of drug-likeness (QED) is 0.270. The predicted molar refractivity (Wildman–Crippen MR) is 137 cm³/mol. The number of fused-ring (bicyclic) bond motifs is 1. The van der Waals surface area contributed by atoms with Gasteiger partial charge in [-0.3, -0.25) is 9.59 Å². The highest BCUT2D eigenvalue weighted by Crippen LogP contribution is 2.52. The van der Waals surface area contributed by atoms with Crippen molar-refractivity contribution in [2.75, 3.05) is 13.2 Å². The maximum Gasteiger partial charge on any atom is 0.410 e. The number of nitrogens with zero attached hydrogens (tertiary/aromatic N) is 4. The van der Waals surface area contributed by atoms with Crippen molar-refractivity contribution in [2.45, 2.75) is 63.1 Å². The van der Waals surface area contributed by atoms with E-state index in [0.717, 1.165) is 0 Å². The smallest absolute Gasteiger partial charge is 0.410 e. The molecule has 3 amide bonds. The lowest BCUT2D eigenvalue weighted by atomic mass is 9.79. The molecule has 12 nitrogen and oxygen atoms in total. The predicted octanol–water partition coefficient (Wildman–Crippen LogP) is 0.953. The molecule has 0 aromatic carbocycles. The largest absolute Gasteiger partial charge is 0.477 e. The van der Waals surface area contributed by atoms with Gasteiger partial charge >= 0.3 is 12.1 Å². The Morgan fingerprint density at radius 1 is 1.39 bits per heavy atom. The number of rotatable bonds is 11. The van der Waals surface area contributed by atoms with Crippen LogP contribution in [0.1, 0.15) is 32.4 Å². The zero-order chi connectivity index (χ0) is 27.7. The van der Waals surface area contributed by atoms with E-state index in [9.17, 15) is 29.4 Å². The zero-order valence-corrected chi connectivity index (χ0v) is 22.2. The second-order valence-corrected chi connectivity index (χ2v) is 11.3. The number of aliphatic carboxylic acids is 1. The van der Waals surface area contributed by atoms with Crippen molar-refractivity contribution in [2.24, 2.45) is 17.6 Å². The average Bonchev–Trinajstić information content (AvgIpc) is 3.51. The number of hydrogen-bond acceptors (Lipinski definition) is 8. The molecule has 4 rings (SSSR count). The summed E-state index contributed by atoms with van der Waals surface area (Å²) in [4.78, 5) is 56.6. The summed E-state index contributed by atoms with van der Waals surface area (Å²) in [7, 11) is 0. The van der Waals surface area contributed by atoms with E-state index < -0.39 is 36.0 Å². The highest BCUT2D eigenvalue weighted by Gasteiger charge is 2.60. The van der Waals surface area contributed by atoms with Crippen LogP contribution in [-0.4, -0.2) is 90.0 Å². The van der Waals surface area contributed by atoms with Crippen molar-refractivity contribution in [3.63, 3.8) is 0 Å². The van der Waals surface area contributed by atoms with Crippen LogP contribution in [0, 0.1) is 11.8 Å². The van der Waals surface area contributed by atoms with E-state index in [2.05, 4.69) is 11.6 Å². The summed E-state index contributed by atoms with van der Waals surface area (Å²) in [6.07, 6.45) is 4.74. The number of carboxylic acid groups (broad SMARTS) is 1. The number of β-lactam (4-membered cyclic amide) rings is 1. The third-order valence-corrected chi connectivity index (χ3v) is 8.80. The van der Waals surface area contributed by atoms with Crippen LogP contribution in [0.4, 0.5) is 4.79 Å². The number of amides is 3. The molecule has 0 aliphatic carbocycles. The third kappa shape index (κ3) is 5.30. The number of carbonyl (C=O) groups excluding carboxylic acids is 3. The Labute approximate surface area is 224 Å². The van der Waals surface area contributed by atoms with Gasteiger partial charge in [0.1, 0.15) is 12.3 Å². The zero-order valence-electron chi connectivity index (χ0n) is 21.4. The normalized spacial score (nSPS) is 27.2. The molecule has 0 bridgehead atoms. The number of primary amides is 1. The van der Waals surface area contributed by atoms with Gasteiger partial charge < -0.3 is 35.1 Å². The molecule has 4 N–H and O–H groups in total. The van der Waals surface area contributed by atoms with Crippen LogP contribution in [0.15, 0.2) is 35.8 Å². The van der Waals surface area contributed by atoms with E-state index >= 15 is 0 Å². The molecule has 2 fully saturated rings. The summed E-state index contributed by atoms with van der Waals surface area (Å²) < 4.78 is 7.14. The van der Waals surface area contributed by atoms with E-state index in [0.29, 0.717) is 36.5 Å². The Hall–Kier alpha value is -3.32. The molecule has 1 aromatic heterocycles. The monoisotopic (exact) mass is 547 g/mol. The maximum atomic E-state index is 12.8. The number of ether oxygens (including phenoxy) is 1. The van der Waals surface area contributed by atoms with Gasteiger partial charge in [0.05, 0.1) is 36.5 Å². The minimum atomic E-state index is -1.18. The van der Waals surface area contributed by atoms with Gasteiger partial charge in [-0.15, -0.1) is 11.8 Å². The first-order valence-corrected chi connectivity index (χ1v) is 13.4. The topological polar surface area (TPSA) is 168 Å². The number of thioether (sulfide) groups is 1. The van der Waals surface area contributed by atoms with Crippen LogP contribution in [0.3, 0.4) is 0 Å². The lowest BCUT2D eigenvalue weighted by Gasteiger charge is -2.46. The number of aromatic nitrogens is 2. The van der Waals surface area contributed by atoms with Gasteiger partial charge in [0.25, 0.3) is 0 Å². The molecule has 0 saturated carbocycles. The molecule has 0 radical (unpaired) electrons. The Balaban J connectivity index is 1.49. The fourth-order valence-corrected chi connectivity index (χ4v) is 7.19. The maximum absolute atomic E-state index is 12.8. The number of hydrogen-bond donors (Lipinski definition) is 3. The summed E-state index contributed by atoms with van der Waals surface area (Å²) in [6, 6.07) is -0.570. The lowest BCUT2D eigenvalue weighted by molar-refractivity contribution is -0.163. The Morgan fingerprint density at radius 2 is 2.13 bits per heavy atom. The van der Waals surface area contributed by atoms with Crippen molar-refractivity contribution >= 4 is 35.6 Å². The number of likely N-dealkylation sites (tertiary alicyclic amines) is 1. The summed E-state index contributed by atoms with van der Waals surface area (Å²) in [6.45, 7) is 7.97. The van der Waals surface area contributed by atoms with Crippen LogP contribution in [0.5, 0.6) is 0 Å². The lowest BCUT2D eigenvalue weighted by Crippen LogP contribution is -2.63. The molecular weight excluding hydrogens is 514 g/mol. The minimum Gasteiger partial charge on any atom is -0.477 e. The number of carbonyl (C=O) groups is 4. The second kappa shape index (κ2) is 11.2. The molecule has 0 spiro atoms. The number of nitrogens with two attached hydrogens (primary N) is 1. The molecule has 4 heterocycles. The van der Waals surface area contributed by atoms with Crippen LogP contribution < -0.4 is 5.73 Å². The number of aryl methyl sites for hydroxylation is 1. The highest BCUT2D eigenvalue weighted by atomic mass is 32.2. The van der Waals surface area contributed by atoms with Gasteiger partial charge in [0.2, 0.25) is 11.8 Å². The fourth-order valence-electron chi connectivity index (χ4n) is 5.62. The molecule has 6 atom stereocenters. The Kier molecular flexibility index (Phi) is 8.16. The van der Waals surface area contributed by atoms with Crippen molar-refractivity contribution in [1.29, 1.82) is 0 Å². The van der Waals surface area contributed by atoms with E-state index in [1.807, 2.05) is 11.5 Å². The number of aliphatic hydroxyl groups is 1. The summed E-state index contributed by atoms with van der Waals surface area (Å²) in [5, 5.41) is 19.9. The number of carboxylic acids is 1. The molecule has 0 unspecified atom stereocenters. The average molecular weight is 548 g/mol. The molecule has 206 valence electrons. The molecular formula is C25H33N5O7S. The molecule has 13 heteroatoms. The fraction of sp³-hybridized carbons (Fsp3) is 0.560. The van der Waals surface area contributed by atoms with Gasteiger partial charge in [-0.05, 0) is 19.8 Å². The molecule has 3 aliphatic rings. The molecule has 3 aliphatic heterocycles.